The lowest BCUT2D eigenvalue weighted by Gasteiger charge is -2.27. The molecule has 0 saturated heterocycles. The smallest absolute Gasteiger partial charge is 0.0734 e. The highest BCUT2D eigenvalue weighted by atomic mass is 15.6. The highest BCUT2D eigenvalue weighted by Gasteiger charge is 2.36. The van der Waals surface area contributed by atoms with E-state index in [1.165, 1.54) is 12.0 Å². The summed E-state index contributed by atoms with van der Waals surface area (Å²) in [5, 5.41) is 4.40. The van der Waals surface area contributed by atoms with E-state index in [0.29, 0.717) is 6.04 Å². The SMILES string of the molecule is CN1C=CC(C2=CC3CC3C=C2)N1C. The van der Waals surface area contributed by atoms with Crippen LogP contribution < -0.4 is 0 Å². The van der Waals surface area contributed by atoms with E-state index in [0.717, 1.165) is 11.8 Å². The van der Waals surface area contributed by atoms with Crippen LogP contribution in [-0.2, 0) is 0 Å². The van der Waals surface area contributed by atoms with Crippen LogP contribution in [-0.4, -0.2) is 30.2 Å². The number of fused-ring (bicyclic) bond motifs is 1. The lowest BCUT2D eigenvalue weighted by Crippen LogP contribution is -2.36. The molecule has 1 aliphatic heterocycles. The largest absolute Gasteiger partial charge is 0.316 e. The summed E-state index contributed by atoms with van der Waals surface area (Å²) in [7, 11) is 4.22. The molecule has 2 aliphatic carbocycles. The molecule has 1 heterocycles. The molecule has 1 fully saturated rings. The summed E-state index contributed by atoms with van der Waals surface area (Å²) in [5.74, 6) is 1.72. The zero-order valence-electron chi connectivity index (χ0n) is 8.72. The first kappa shape index (κ1) is 8.30. The van der Waals surface area contributed by atoms with E-state index in [1.54, 1.807) is 0 Å². The Morgan fingerprint density at radius 1 is 1.21 bits per heavy atom. The van der Waals surface area contributed by atoms with Crippen molar-refractivity contribution in [2.45, 2.75) is 12.5 Å². The summed E-state index contributed by atoms with van der Waals surface area (Å²) in [6.07, 6.45) is 12.9. The molecule has 3 rings (SSSR count). The Hall–Kier alpha value is -1.02. The molecule has 1 saturated carbocycles. The Labute approximate surface area is 85.2 Å². The lowest BCUT2D eigenvalue weighted by molar-refractivity contribution is 0.0880. The van der Waals surface area contributed by atoms with Gasteiger partial charge in [0, 0.05) is 20.3 Å². The number of hydrogen-bond donors (Lipinski definition) is 0. The number of allylic oxidation sites excluding steroid dienone is 2. The summed E-state index contributed by atoms with van der Waals surface area (Å²) in [4.78, 5) is 0. The summed E-state index contributed by atoms with van der Waals surface area (Å²) in [5.41, 5.74) is 1.46. The van der Waals surface area contributed by atoms with Gasteiger partial charge in [-0.15, -0.1) is 0 Å². The maximum absolute atomic E-state index is 2.45. The molecule has 3 atom stereocenters. The van der Waals surface area contributed by atoms with Gasteiger partial charge in [-0.25, -0.2) is 5.01 Å². The van der Waals surface area contributed by atoms with Crippen molar-refractivity contribution in [3.63, 3.8) is 0 Å². The molecule has 3 aliphatic rings. The van der Waals surface area contributed by atoms with Crippen molar-refractivity contribution in [2.75, 3.05) is 14.1 Å². The molecule has 0 aromatic carbocycles. The fraction of sp³-hybridized carbons (Fsp3) is 0.500. The normalized spacial score (nSPS) is 40.0. The van der Waals surface area contributed by atoms with Crippen LogP contribution in [0.15, 0.2) is 36.1 Å². The average Bonchev–Trinajstić information content (AvgIpc) is 2.88. The van der Waals surface area contributed by atoms with Crippen LogP contribution in [0.3, 0.4) is 0 Å². The van der Waals surface area contributed by atoms with Crippen molar-refractivity contribution in [1.82, 2.24) is 10.0 Å². The average molecular weight is 188 g/mol. The Bertz CT molecular complexity index is 340. The number of hydrogen-bond acceptors (Lipinski definition) is 2. The Kier molecular flexibility index (Phi) is 1.62. The van der Waals surface area contributed by atoms with Gasteiger partial charge >= 0.3 is 0 Å². The van der Waals surface area contributed by atoms with Gasteiger partial charge in [0.15, 0.2) is 0 Å². The van der Waals surface area contributed by atoms with Crippen molar-refractivity contribution in [3.05, 3.63) is 36.1 Å². The molecule has 0 aromatic rings. The molecule has 3 unspecified atom stereocenters. The minimum Gasteiger partial charge on any atom is -0.316 e. The monoisotopic (exact) mass is 188 g/mol. The van der Waals surface area contributed by atoms with Crippen molar-refractivity contribution >= 4 is 0 Å². The predicted molar refractivity (Wildman–Crippen MR) is 57.3 cm³/mol. The van der Waals surface area contributed by atoms with Crippen molar-refractivity contribution in [2.24, 2.45) is 11.8 Å². The number of nitrogens with zero attached hydrogens (tertiary/aromatic N) is 2. The van der Waals surface area contributed by atoms with E-state index in [2.05, 4.69) is 54.6 Å². The predicted octanol–water partition coefficient (Wildman–Crippen LogP) is 1.79. The van der Waals surface area contributed by atoms with Gasteiger partial charge in [-0.2, -0.15) is 0 Å². The molecule has 0 radical (unpaired) electrons. The zero-order chi connectivity index (χ0) is 9.71. The van der Waals surface area contributed by atoms with Crippen LogP contribution in [0.25, 0.3) is 0 Å². The first-order valence-corrected chi connectivity index (χ1v) is 5.29. The number of hydrazine groups is 1. The van der Waals surface area contributed by atoms with Crippen LogP contribution >= 0.6 is 0 Å². The topological polar surface area (TPSA) is 6.48 Å². The minimum absolute atomic E-state index is 0.456. The minimum atomic E-state index is 0.456. The number of likely N-dealkylation sites (N-methyl/N-ethyl adjacent to an activating group) is 1. The fourth-order valence-corrected chi connectivity index (χ4v) is 2.34. The van der Waals surface area contributed by atoms with Crippen LogP contribution in [0, 0.1) is 11.8 Å². The summed E-state index contributed by atoms with van der Waals surface area (Å²) in [6.45, 7) is 0. The molecule has 0 bridgehead atoms. The van der Waals surface area contributed by atoms with Gasteiger partial charge in [-0.05, 0) is 29.9 Å². The molecule has 0 spiro atoms. The van der Waals surface area contributed by atoms with Crippen molar-refractivity contribution < 1.29 is 0 Å². The molecular weight excluding hydrogens is 172 g/mol. The molecule has 0 aromatic heterocycles. The first-order chi connectivity index (χ1) is 6.75. The molecule has 2 heteroatoms. The molecular formula is C12H16N2. The van der Waals surface area contributed by atoms with Gasteiger partial charge in [-0.1, -0.05) is 18.2 Å². The third kappa shape index (κ3) is 1.14. The van der Waals surface area contributed by atoms with E-state index >= 15 is 0 Å². The van der Waals surface area contributed by atoms with Crippen molar-refractivity contribution in [3.8, 4) is 0 Å². The van der Waals surface area contributed by atoms with Gasteiger partial charge in [-0.3, -0.25) is 0 Å². The highest BCUT2D eigenvalue weighted by molar-refractivity contribution is 5.37. The molecule has 74 valence electrons. The van der Waals surface area contributed by atoms with Gasteiger partial charge in [0.2, 0.25) is 0 Å². The summed E-state index contributed by atoms with van der Waals surface area (Å²) >= 11 is 0. The second kappa shape index (κ2) is 2.74. The van der Waals surface area contributed by atoms with Crippen LogP contribution in [0.4, 0.5) is 0 Å². The molecule has 0 amide bonds. The second-order valence-electron chi connectivity index (χ2n) is 4.52. The van der Waals surface area contributed by atoms with Gasteiger partial charge in [0.25, 0.3) is 0 Å². The van der Waals surface area contributed by atoms with E-state index in [1.807, 2.05) is 0 Å². The van der Waals surface area contributed by atoms with E-state index in [4.69, 9.17) is 0 Å². The maximum atomic E-state index is 2.45. The molecule has 0 N–H and O–H groups in total. The standard InChI is InChI=1S/C12H16N2/c1-13-6-5-12(14(13)2)10-4-3-9-7-11(9)8-10/h3-6,8-9,11-12H,7H2,1-2H3. The fourth-order valence-electron chi connectivity index (χ4n) is 2.34. The zero-order valence-corrected chi connectivity index (χ0v) is 8.72. The van der Waals surface area contributed by atoms with E-state index in [9.17, 15) is 0 Å². The Morgan fingerprint density at radius 3 is 2.71 bits per heavy atom. The first-order valence-electron chi connectivity index (χ1n) is 5.29. The second-order valence-corrected chi connectivity index (χ2v) is 4.52. The Balaban J connectivity index is 1.83. The third-order valence-corrected chi connectivity index (χ3v) is 3.56. The maximum Gasteiger partial charge on any atom is 0.0734 e. The third-order valence-electron chi connectivity index (χ3n) is 3.56. The number of rotatable bonds is 1. The van der Waals surface area contributed by atoms with Crippen molar-refractivity contribution in [1.29, 1.82) is 0 Å². The van der Waals surface area contributed by atoms with Crippen LogP contribution in [0.5, 0.6) is 0 Å². The van der Waals surface area contributed by atoms with Crippen LogP contribution in [0.2, 0.25) is 0 Å². The highest BCUT2D eigenvalue weighted by Crippen LogP contribution is 2.45. The lowest BCUT2D eigenvalue weighted by atomic mass is 10.0. The van der Waals surface area contributed by atoms with E-state index in [-0.39, 0.29) is 0 Å². The van der Waals surface area contributed by atoms with Gasteiger partial charge in [0.1, 0.15) is 0 Å². The molecule has 2 nitrogen and oxygen atoms in total. The van der Waals surface area contributed by atoms with Gasteiger partial charge < -0.3 is 5.01 Å². The Morgan fingerprint density at radius 2 is 2.07 bits per heavy atom. The molecule has 14 heavy (non-hydrogen) atoms. The van der Waals surface area contributed by atoms with Crippen LogP contribution in [0.1, 0.15) is 6.42 Å². The van der Waals surface area contributed by atoms with Gasteiger partial charge in [0.05, 0.1) is 6.04 Å². The quantitative estimate of drug-likeness (QED) is 0.619. The summed E-state index contributed by atoms with van der Waals surface area (Å²) < 4.78 is 0. The van der Waals surface area contributed by atoms with E-state index < -0.39 is 0 Å². The summed E-state index contributed by atoms with van der Waals surface area (Å²) in [6, 6.07) is 0.456.